The molecule has 2 N–H and O–H groups in total. The van der Waals surface area contributed by atoms with Crippen LogP contribution in [0.1, 0.15) is 72.1 Å². The summed E-state index contributed by atoms with van der Waals surface area (Å²) in [4.78, 5) is 0. The zero-order chi connectivity index (χ0) is 15.3. The molecule has 5 atom stereocenters. The van der Waals surface area contributed by atoms with Crippen LogP contribution >= 0.6 is 0 Å². The van der Waals surface area contributed by atoms with Gasteiger partial charge in [-0.05, 0) is 74.5 Å². The van der Waals surface area contributed by atoms with Crippen molar-refractivity contribution >= 4 is 0 Å². The van der Waals surface area contributed by atoms with Crippen LogP contribution in [0.2, 0.25) is 0 Å². The molecule has 0 spiro atoms. The summed E-state index contributed by atoms with van der Waals surface area (Å²) in [7, 11) is 0. The van der Waals surface area contributed by atoms with Gasteiger partial charge in [0.1, 0.15) is 0 Å². The number of hydrogen-bond donors (Lipinski definition) is 2. The lowest BCUT2D eigenvalue weighted by molar-refractivity contribution is -0.121. The number of aliphatic hydroxyl groups excluding tert-OH is 1. The maximum Gasteiger partial charge on any atom is 0.0656 e. The van der Waals surface area contributed by atoms with Gasteiger partial charge in [0.15, 0.2) is 0 Å². The van der Waals surface area contributed by atoms with E-state index in [1.165, 1.54) is 19.3 Å². The molecule has 2 nitrogen and oxygen atoms in total. The third-order valence-corrected chi connectivity index (χ3v) is 7.19. The molecule has 3 rings (SSSR count). The van der Waals surface area contributed by atoms with Crippen LogP contribution in [-0.4, -0.2) is 22.4 Å². The van der Waals surface area contributed by atoms with Gasteiger partial charge in [-0.25, -0.2) is 0 Å². The maximum absolute atomic E-state index is 10.8. The summed E-state index contributed by atoms with van der Waals surface area (Å²) in [5, 5.41) is 20.2. The van der Waals surface area contributed by atoms with Gasteiger partial charge in [-0.3, -0.25) is 0 Å². The van der Waals surface area contributed by atoms with Crippen LogP contribution in [0.25, 0.3) is 0 Å². The van der Waals surface area contributed by atoms with Crippen LogP contribution < -0.4 is 0 Å². The minimum Gasteiger partial charge on any atom is -0.396 e. The van der Waals surface area contributed by atoms with Gasteiger partial charge in [0.05, 0.1) is 5.60 Å². The van der Waals surface area contributed by atoms with Crippen molar-refractivity contribution < 1.29 is 10.2 Å². The topological polar surface area (TPSA) is 40.5 Å². The van der Waals surface area contributed by atoms with E-state index >= 15 is 0 Å². The third kappa shape index (κ3) is 2.49. The molecule has 3 aliphatic rings. The first-order chi connectivity index (χ1) is 9.81. The molecule has 3 aliphatic carbocycles. The molecule has 0 saturated heterocycles. The first kappa shape index (κ1) is 15.6. The minimum absolute atomic E-state index is 0.284. The van der Waals surface area contributed by atoms with Gasteiger partial charge in [0.2, 0.25) is 0 Å². The molecule has 2 saturated carbocycles. The molecule has 0 bridgehead atoms. The standard InChI is InChI=1S/C19H32O2/c1-17(11-12-20)10-7-15-14(13-17)5-6-16-18(15,2)8-4-9-19(16,3)21/h5,15-16,20-21H,4,6-13H2,1-3H3/t15-,16+,17+,18+,19-/m0/s1. The second kappa shape index (κ2) is 5.09. The molecule has 0 aromatic rings. The molecular formula is C19H32O2. The smallest absolute Gasteiger partial charge is 0.0656 e. The zero-order valence-corrected chi connectivity index (χ0v) is 14.0. The third-order valence-electron chi connectivity index (χ3n) is 7.19. The van der Waals surface area contributed by atoms with Gasteiger partial charge in [-0.2, -0.15) is 0 Å². The Bertz CT molecular complexity index is 439. The van der Waals surface area contributed by atoms with Crippen molar-refractivity contribution in [2.75, 3.05) is 6.61 Å². The van der Waals surface area contributed by atoms with E-state index in [9.17, 15) is 10.2 Å². The van der Waals surface area contributed by atoms with E-state index in [0.29, 0.717) is 18.4 Å². The summed E-state index contributed by atoms with van der Waals surface area (Å²) >= 11 is 0. The summed E-state index contributed by atoms with van der Waals surface area (Å²) in [5.41, 5.74) is 1.72. The van der Waals surface area contributed by atoms with Crippen LogP contribution in [-0.2, 0) is 0 Å². The van der Waals surface area contributed by atoms with E-state index in [-0.39, 0.29) is 10.8 Å². The number of rotatable bonds is 2. The summed E-state index contributed by atoms with van der Waals surface area (Å²) < 4.78 is 0. The fraction of sp³-hybridized carbons (Fsp3) is 0.895. The summed E-state index contributed by atoms with van der Waals surface area (Å²) in [5.74, 6) is 1.09. The quantitative estimate of drug-likeness (QED) is 0.753. The van der Waals surface area contributed by atoms with Crippen molar-refractivity contribution in [3.05, 3.63) is 11.6 Å². The van der Waals surface area contributed by atoms with Gasteiger partial charge in [-0.1, -0.05) is 31.9 Å². The van der Waals surface area contributed by atoms with Crippen molar-refractivity contribution in [2.45, 2.75) is 77.7 Å². The summed E-state index contributed by atoms with van der Waals surface area (Å²) in [6, 6.07) is 0. The highest BCUT2D eigenvalue weighted by molar-refractivity contribution is 5.23. The van der Waals surface area contributed by atoms with Gasteiger partial charge in [-0.15, -0.1) is 0 Å². The van der Waals surface area contributed by atoms with Crippen molar-refractivity contribution in [1.29, 1.82) is 0 Å². The minimum atomic E-state index is -0.485. The summed E-state index contributed by atoms with van der Waals surface area (Å²) in [6.45, 7) is 7.15. The lowest BCUT2D eigenvalue weighted by Gasteiger charge is -2.58. The molecule has 0 unspecified atom stereocenters. The summed E-state index contributed by atoms with van der Waals surface area (Å²) in [6.07, 6.45) is 11.4. The van der Waals surface area contributed by atoms with Gasteiger partial charge in [0, 0.05) is 6.61 Å². The number of aliphatic hydroxyl groups is 2. The van der Waals surface area contributed by atoms with E-state index < -0.39 is 5.60 Å². The molecule has 2 heteroatoms. The van der Waals surface area contributed by atoms with Crippen molar-refractivity contribution in [1.82, 2.24) is 0 Å². The second-order valence-corrected chi connectivity index (χ2v) is 8.84. The molecule has 2 fully saturated rings. The van der Waals surface area contributed by atoms with Crippen LogP contribution in [0.3, 0.4) is 0 Å². The average Bonchev–Trinajstić information content (AvgIpc) is 2.37. The monoisotopic (exact) mass is 292 g/mol. The predicted octanol–water partition coefficient (Wildman–Crippen LogP) is 4.06. The number of allylic oxidation sites excluding steroid dienone is 2. The fourth-order valence-electron chi connectivity index (χ4n) is 5.93. The highest BCUT2D eigenvalue weighted by atomic mass is 16.3. The van der Waals surface area contributed by atoms with Crippen LogP contribution in [0.5, 0.6) is 0 Å². The van der Waals surface area contributed by atoms with E-state index in [4.69, 9.17) is 0 Å². The predicted molar refractivity (Wildman–Crippen MR) is 85.9 cm³/mol. The molecule has 21 heavy (non-hydrogen) atoms. The first-order valence-electron chi connectivity index (χ1n) is 8.83. The lowest BCUT2D eigenvalue weighted by Crippen LogP contribution is -2.54. The lowest BCUT2D eigenvalue weighted by atomic mass is 9.48. The Morgan fingerprint density at radius 1 is 1.19 bits per heavy atom. The number of fused-ring (bicyclic) bond motifs is 3. The molecular weight excluding hydrogens is 260 g/mol. The molecule has 120 valence electrons. The maximum atomic E-state index is 10.8. The number of hydrogen-bond acceptors (Lipinski definition) is 2. The van der Waals surface area contributed by atoms with Gasteiger partial charge in [0.25, 0.3) is 0 Å². The van der Waals surface area contributed by atoms with E-state index in [2.05, 4.69) is 26.8 Å². The molecule has 0 radical (unpaired) electrons. The SMILES string of the molecule is C[C@]1(CCO)CC[C@H]2C(=CC[C@@H]3[C@]2(C)CCC[C@]3(C)O)C1. The molecule has 0 aromatic carbocycles. The Morgan fingerprint density at radius 2 is 1.95 bits per heavy atom. The van der Waals surface area contributed by atoms with Crippen LogP contribution in [0, 0.1) is 22.7 Å². The Balaban J connectivity index is 1.88. The van der Waals surface area contributed by atoms with E-state index in [0.717, 1.165) is 32.1 Å². The normalized spacial score (nSPS) is 50.0. The fourth-order valence-corrected chi connectivity index (χ4v) is 5.93. The molecule has 0 aliphatic heterocycles. The Hall–Kier alpha value is -0.340. The van der Waals surface area contributed by atoms with Crippen molar-refractivity contribution in [2.24, 2.45) is 22.7 Å². The molecule has 0 heterocycles. The Labute approximate surface area is 129 Å². The highest BCUT2D eigenvalue weighted by Gasteiger charge is 2.55. The van der Waals surface area contributed by atoms with Gasteiger partial charge >= 0.3 is 0 Å². The van der Waals surface area contributed by atoms with Crippen LogP contribution in [0.15, 0.2) is 11.6 Å². The second-order valence-electron chi connectivity index (χ2n) is 8.84. The first-order valence-corrected chi connectivity index (χ1v) is 8.83. The Morgan fingerprint density at radius 3 is 2.67 bits per heavy atom. The highest BCUT2D eigenvalue weighted by Crippen LogP contribution is 2.61. The average molecular weight is 292 g/mol. The molecule has 0 aromatic heterocycles. The Kier molecular flexibility index (Phi) is 3.77. The van der Waals surface area contributed by atoms with Gasteiger partial charge < -0.3 is 10.2 Å². The van der Waals surface area contributed by atoms with Crippen molar-refractivity contribution in [3.8, 4) is 0 Å². The van der Waals surface area contributed by atoms with Crippen molar-refractivity contribution in [3.63, 3.8) is 0 Å². The zero-order valence-electron chi connectivity index (χ0n) is 14.0. The van der Waals surface area contributed by atoms with Crippen LogP contribution in [0.4, 0.5) is 0 Å². The van der Waals surface area contributed by atoms with E-state index in [1.807, 2.05) is 0 Å². The largest absolute Gasteiger partial charge is 0.396 e. The molecule has 0 amide bonds. The van der Waals surface area contributed by atoms with E-state index in [1.54, 1.807) is 5.57 Å².